The molecule has 1 rings (SSSR count). The molecule has 0 heterocycles. The molecule has 5 heteroatoms. The maximum Gasteiger partial charge on any atom is 0.344 e. The molecule has 2 N–H and O–H groups in total. The van der Waals surface area contributed by atoms with Crippen molar-refractivity contribution in [2.75, 3.05) is 14.2 Å². The molecule has 17 heavy (non-hydrogen) atoms. The van der Waals surface area contributed by atoms with E-state index >= 15 is 0 Å². The minimum absolute atomic E-state index is 0.551. The zero-order chi connectivity index (χ0) is 12.8. The molecule has 0 saturated carbocycles. The Bertz CT molecular complexity index is 392. The Morgan fingerprint density at radius 2 is 2.24 bits per heavy atom. The third-order valence-electron chi connectivity index (χ3n) is 2.29. The van der Waals surface area contributed by atoms with Gasteiger partial charge in [-0.05, 0) is 32.2 Å². The zero-order valence-electron chi connectivity index (χ0n) is 10.2. The van der Waals surface area contributed by atoms with E-state index in [0.717, 1.165) is 5.56 Å². The lowest BCUT2D eigenvalue weighted by molar-refractivity contribution is -0.144. The number of carboxylic acids is 1. The molecule has 0 saturated heterocycles. The van der Waals surface area contributed by atoms with E-state index < -0.39 is 12.1 Å². The van der Waals surface area contributed by atoms with Crippen LogP contribution in [0.2, 0.25) is 0 Å². The van der Waals surface area contributed by atoms with Gasteiger partial charge in [-0.15, -0.1) is 0 Å². The largest absolute Gasteiger partial charge is 0.497 e. The molecule has 0 spiro atoms. The molecule has 0 aromatic heterocycles. The number of hydrogen-bond acceptors (Lipinski definition) is 4. The standard InChI is InChI=1S/C12H17NO4/c1-8(12(14)15)17-11-5-4-10(16-3)6-9(11)7-13-2/h4-6,8,13H,7H2,1-3H3,(H,14,15). The fraction of sp³-hybridized carbons (Fsp3) is 0.417. The Balaban J connectivity index is 2.93. The van der Waals surface area contributed by atoms with Gasteiger partial charge in [0.25, 0.3) is 0 Å². The molecule has 0 fully saturated rings. The van der Waals surface area contributed by atoms with E-state index in [9.17, 15) is 4.79 Å². The normalized spacial score (nSPS) is 11.9. The van der Waals surface area contributed by atoms with Crippen molar-refractivity contribution in [1.82, 2.24) is 5.32 Å². The van der Waals surface area contributed by atoms with Crippen molar-refractivity contribution in [2.45, 2.75) is 19.6 Å². The maximum atomic E-state index is 10.7. The van der Waals surface area contributed by atoms with Crippen LogP contribution in [0.3, 0.4) is 0 Å². The maximum absolute atomic E-state index is 10.7. The molecule has 0 amide bonds. The number of aliphatic carboxylic acids is 1. The second-order valence-corrected chi connectivity index (χ2v) is 3.60. The molecule has 0 radical (unpaired) electrons. The highest BCUT2D eigenvalue weighted by Gasteiger charge is 2.15. The summed E-state index contributed by atoms with van der Waals surface area (Å²) in [7, 11) is 3.39. The van der Waals surface area contributed by atoms with Crippen LogP contribution in [0.1, 0.15) is 12.5 Å². The van der Waals surface area contributed by atoms with E-state index in [4.69, 9.17) is 14.6 Å². The van der Waals surface area contributed by atoms with Gasteiger partial charge in [0.1, 0.15) is 11.5 Å². The lowest BCUT2D eigenvalue weighted by Gasteiger charge is -2.15. The summed E-state index contributed by atoms with van der Waals surface area (Å²) in [5.41, 5.74) is 0.861. The van der Waals surface area contributed by atoms with E-state index in [1.54, 1.807) is 19.2 Å². The minimum Gasteiger partial charge on any atom is -0.497 e. The van der Waals surface area contributed by atoms with Gasteiger partial charge in [-0.25, -0.2) is 4.79 Å². The minimum atomic E-state index is -0.990. The number of nitrogens with one attached hydrogen (secondary N) is 1. The number of carbonyl (C=O) groups is 1. The van der Waals surface area contributed by atoms with Gasteiger partial charge < -0.3 is 19.9 Å². The summed E-state index contributed by atoms with van der Waals surface area (Å²) in [5, 5.41) is 11.8. The van der Waals surface area contributed by atoms with Crippen molar-refractivity contribution in [2.24, 2.45) is 0 Å². The van der Waals surface area contributed by atoms with Crippen LogP contribution in [-0.2, 0) is 11.3 Å². The second-order valence-electron chi connectivity index (χ2n) is 3.60. The van der Waals surface area contributed by atoms with E-state index in [1.165, 1.54) is 6.92 Å². The second kappa shape index (κ2) is 6.10. The Morgan fingerprint density at radius 3 is 2.76 bits per heavy atom. The highest BCUT2D eigenvalue weighted by molar-refractivity contribution is 5.72. The number of ether oxygens (including phenoxy) is 2. The van der Waals surface area contributed by atoms with Gasteiger partial charge in [0.15, 0.2) is 6.10 Å². The number of hydrogen-bond donors (Lipinski definition) is 2. The molecule has 1 aromatic carbocycles. The Kier molecular flexibility index (Phi) is 4.78. The van der Waals surface area contributed by atoms with Crippen LogP contribution in [0.4, 0.5) is 0 Å². The molecule has 94 valence electrons. The fourth-order valence-electron chi connectivity index (χ4n) is 1.37. The molecule has 1 atom stereocenters. The lowest BCUT2D eigenvalue weighted by Crippen LogP contribution is -2.23. The number of carboxylic acid groups (broad SMARTS) is 1. The molecule has 0 aliphatic carbocycles. The third-order valence-corrected chi connectivity index (χ3v) is 2.29. The van der Waals surface area contributed by atoms with Gasteiger partial charge in [-0.1, -0.05) is 0 Å². The van der Waals surface area contributed by atoms with Crippen molar-refractivity contribution >= 4 is 5.97 Å². The SMILES string of the molecule is CNCc1cc(OC)ccc1OC(C)C(=O)O. The van der Waals surface area contributed by atoms with Crippen molar-refractivity contribution in [3.63, 3.8) is 0 Å². The predicted molar refractivity (Wildman–Crippen MR) is 63.5 cm³/mol. The monoisotopic (exact) mass is 239 g/mol. The van der Waals surface area contributed by atoms with E-state index in [-0.39, 0.29) is 0 Å². The highest BCUT2D eigenvalue weighted by Crippen LogP contribution is 2.25. The lowest BCUT2D eigenvalue weighted by atomic mass is 10.2. The van der Waals surface area contributed by atoms with Crippen LogP contribution >= 0.6 is 0 Å². The van der Waals surface area contributed by atoms with Crippen LogP contribution in [0.5, 0.6) is 11.5 Å². The van der Waals surface area contributed by atoms with E-state index in [1.807, 2.05) is 13.1 Å². The molecule has 0 bridgehead atoms. The van der Waals surface area contributed by atoms with Crippen LogP contribution in [0.25, 0.3) is 0 Å². The van der Waals surface area contributed by atoms with Gasteiger partial charge in [0.2, 0.25) is 0 Å². The summed E-state index contributed by atoms with van der Waals surface area (Å²) in [5.74, 6) is 0.275. The highest BCUT2D eigenvalue weighted by atomic mass is 16.5. The Morgan fingerprint density at radius 1 is 1.53 bits per heavy atom. The fourth-order valence-corrected chi connectivity index (χ4v) is 1.37. The van der Waals surface area contributed by atoms with Crippen LogP contribution < -0.4 is 14.8 Å². The molecule has 1 aromatic rings. The topological polar surface area (TPSA) is 67.8 Å². The first-order valence-electron chi connectivity index (χ1n) is 5.29. The molecule has 0 aliphatic heterocycles. The molecular formula is C12H17NO4. The van der Waals surface area contributed by atoms with Crippen molar-refractivity contribution in [3.8, 4) is 11.5 Å². The third kappa shape index (κ3) is 3.64. The van der Waals surface area contributed by atoms with E-state index in [0.29, 0.717) is 18.0 Å². The average molecular weight is 239 g/mol. The van der Waals surface area contributed by atoms with Crippen molar-refractivity contribution in [1.29, 1.82) is 0 Å². The van der Waals surface area contributed by atoms with Gasteiger partial charge >= 0.3 is 5.97 Å². The smallest absolute Gasteiger partial charge is 0.344 e. The van der Waals surface area contributed by atoms with Crippen LogP contribution in [-0.4, -0.2) is 31.3 Å². The first-order chi connectivity index (χ1) is 8.08. The first kappa shape index (κ1) is 13.3. The average Bonchev–Trinajstić information content (AvgIpc) is 2.31. The summed E-state index contributed by atoms with van der Waals surface area (Å²) >= 11 is 0. The molecule has 5 nitrogen and oxygen atoms in total. The number of methoxy groups -OCH3 is 1. The molecule has 1 unspecified atom stereocenters. The van der Waals surface area contributed by atoms with Gasteiger partial charge in [-0.2, -0.15) is 0 Å². The first-order valence-corrected chi connectivity index (χ1v) is 5.29. The number of benzene rings is 1. The van der Waals surface area contributed by atoms with Gasteiger partial charge in [0, 0.05) is 12.1 Å². The molecular weight excluding hydrogens is 222 g/mol. The van der Waals surface area contributed by atoms with Gasteiger partial charge in [-0.3, -0.25) is 0 Å². The summed E-state index contributed by atoms with van der Waals surface area (Å²) in [6.07, 6.45) is -0.876. The van der Waals surface area contributed by atoms with Crippen LogP contribution in [0.15, 0.2) is 18.2 Å². The molecule has 0 aliphatic rings. The summed E-state index contributed by atoms with van der Waals surface area (Å²) in [6, 6.07) is 5.27. The van der Waals surface area contributed by atoms with Crippen molar-refractivity contribution in [3.05, 3.63) is 23.8 Å². The number of rotatable bonds is 6. The quantitative estimate of drug-likeness (QED) is 0.782. The summed E-state index contributed by atoms with van der Waals surface area (Å²) < 4.78 is 10.5. The van der Waals surface area contributed by atoms with Crippen molar-refractivity contribution < 1.29 is 19.4 Å². The van der Waals surface area contributed by atoms with Gasteiger partial charge in [0.05, 0.1) is 7.11 Å². The predicted octanol–water partition coefficient (Wildman–Crippen LogP) is 1.27. The van der Waals surface area contributed by atoms with Crippen LogP contribution in [0, 0.1) is 0 Å². The Labute approximate surface area is 100 Å². The Hall–Kier alpha value is -1.75. The van der Waals surface area contributed by atoms with E-state index in [2.05, 4.69) is 5.32 Å². The summed E-state index contributed by atoms with van der Waals surface area (Å²) in [6.45, 7) is 2.08. The zero-order valence-corrected chi connectivity index (χ0v) is 10.2. The summed E-state index contributed by atoms with van der Waals surface area (Å²) in [4.78, 5) is 10.7.